The Hall–Kier alpha value is -1.40. The van der Waals surface area contributed by atoms with Gasteiger partial charge in [0.25, 0.3) is 10.1 Å². The van der Waals surface area contributed by atoms with Gasteiger partial charge in [-0.3, -0.25) is 4.18 Å². The monoisotopic (exact) mass is 258 g/mol. The number of rotatable bonds is 5. The van der Waals surface area contributed by atoms with Gasteiger partial charge in [-0.25, -0.2) is 4.79 Å². The van der Waals surface area contributed by atoms with Crippen molar-refractivity contribution in [3.05, 3.63) is 35.9 Å². The van der Waals surface area contributed by atoms with Crippen molar-refractivity contribution in [3.8, 4) is 0 Å². The Labute approximate surface area is 100 Å². The van der Waals surface area contributed by atoms with Gasteiger partial charge in [0.2, 0.25) is 0 Å². The first-order valence-corrected chi connectivity index (χ1v) is 6.55. The predicted octanol–water partition coefficient (Wildman–Crippen LogP) is 1.09. The lowest BCUT2D eigenvalue weighted by Crippen LogP contribution is -2.26. The molecule has 0 amide bonds. The standard InChI is InChI=1S/C11H14O5S/c1-9(11(12)15-2)16-17(13,14)8-10-6-4-3-5-7-10/h3-7,9H,8H2,1-2H3/t9-/m1/s1. The number of methoxy groups -OCH3 is 1. The van der Waals surface area contributed by atoms with Crippen LogP contribution in [-0.2, 0) is 29.6 Å². The molecule has 5 nitrogen and oxygen atoms in total. The van der Waals surface area contributed by atoms with Gasteiger partial charge in [-0.15, -0.1) is 0 Å². The van der Waals surface area contributed by atoms with Crippen LogP contribution in [0.4, 0.5) is 0 Å². The summed E-state index contributed by atoms with van der Waals surface area (Å²) in [5.74, 6) is -0.989. The molecule has 94 valence electrons. The van der Waals surface area contributed by atoms with Crippen LogP contribution in [0, 0.1) is 0 Å². The van der Waals surface area contributed by atoms with Gasteiger partial charge >= 0.3 is 5.97 Å². The van der Waals surface area contributed by atoms with Gasteiger partial charge in [-0.05, 0) is 12.5 Å². The third kappa shape index (κ3) is 4.54. The lowest BCUT2D eigenvalue weighted by atomic mass is 10.2. The Bertz CT molecular complexity index is 466. The Morgan fingerprint density at radius 2 is 1.88 bits per heavy atom. The molecular formula is C11H14O5S. The number of ether oxygens (including phenoxy) is 1. The van der Waals surface area contributed by atoms with E-state index >= 15 is 0 Å². The van der Waals surface area contributed by atoms with Crippen molar-refractivity contribution in [2.24, 2.45) is 0 Å². The number of carbonyl (C=O) groups excluding carboxylic acids is 1. The minimum absolute atomic E-state index is 0.269. The topological polar surface area (TPSA) is 69.7 Å². The van der Waals surface area contributed by atoms with E-state index in [0.717, 1.165) is 0 Å². The zero-order valence-electron chi connectivity index (χ0n) is 9.62. The van der Waals surface area contributed by atoms with E-state index in [4.69, 9.17) is 4.18 Å². The van der Waals surface area contributed by atoms with Crippen molar-refractivity contribution < 1.29 is 22.1 Å². The molecule has 0 aliphatic rings. The summed E-state index contributed by atoms with van der Waals surface area (Å²) in [6.07, 6.45) is -1.13. The number of hydrogen-bond acceptors (Lipinski definition) is 5. The molecule has 0 saturated heterocycles. The summed E-state index contributed by atoms with van der Waals surface area (Å²) in [4.78, 5) is 11.0. The second-order valence-electron chi connectivity index (χ2n) is 3.45. The molecular weight excluding hydrogens is 244 g/mol. The highest BCUT2D eigenvalue weighted by Gasteiger charge is 2.22. The van der Waals surface area contributed by atoms with Gasteiger partial charge in [-0.2, -0.15) is 8.42 Å². The molecule has 1 aromatic rings. The van der Waals surface area contributed by atoms with Crippen molar-refractivity contribution in [3.63, 3.8) is 0 Å². The Balaban J connectivity index is 2.67. The number of hydrogen-bond donors (Lipinski definition) is 0. The fourth-order valence-corrected chi connectivity index (χ4v) is 2.42. The summed E-state index contributed by atoms with van der Waals surface area (Å²) in [5, 5.41) is 0. The molecule has 0 aliphatic heterocycles. The van der Waals surface area contributed by atoms with Crippen LogP contribution in [0.25, 0.3) is 0 Å². The summed E-state index contributed by atoms with van der Waals surface area (Å²) in [5.41, 5.74) is 0.601. The van der Waals surface area contributed by atoms with E-state index in [0.29, 0.717) is 5.56 Å². The van der Waals surface area contributed by atoms with Crippen molar-refractivity contribution in [2.45, 2.75) is 18.8 Å². The van der Waals surface area contributed by atoms with Gasteiger partial charge in [0.15, 0.2) is 6.10 Å². The number of esters is 1. The van der Waals surface area contributed by atoms with Gasteiger partial charge in [0.1, 0.15) is 5.75 Å². The van der Waals surface area contributed by atoms with Crippen molar-refractivity contribution in [1.82, 2.24) is 0 Å². The zero-order chi connectivity index (χ0) is 12.9. The van der Waals surface area contributed by atoms with E-state index in [1.165, 1.54) is 14.0 Å². The van der Waals surface area contributed by atoms with Gasteiger partial charge in [0.05, 0.1) is 7.11 Å². The molecule has 0 bridgehead atoms. The lowest BCUT2D eigenvalue weighted by molar-refractivity contribution is -0.147. The smallest absolute Gasteiger partial charge is 0.336 e. The minimum atomic E-state index is -3.79. The largest absolute Gasteiger partial charge is 0.467 e. The molecule has 1 atom stereocenters. The predicted molar refractivity (Wildman–Crippen MR) is 61.6 cm³/mol. The molecule has 0 saturated carbocycles. The maximum Gasteiger partial charge on any atom is 0.336 e. The maximum absolute atomic E-state index is 11.6. The van der Waals surface area contributed by atoms with Gasteiger partial charge in [-0.1, -0.05) is 30.3 Å². The van der Waals surface area contributed by atoms with E-state index in [9.17, 15) is 13.2 Å². The SMILES string of the molecule is COC(=O)[C@@H](C)OS(=O)(=O)Cc1ccccc1. The van der Waals surface area contributed by atoms with E-state index in [1.54, 1.807) is 30.3 Å². The molecule has 0 aliphatic carbocycles. The normalized spacial score (nSPS) is 13.1. The summed E-state index contributed by atoms with van der Waals surface area (Å²) in [7, 11) is -2.62. The minimum Gasteiger partial charge on any atom is -0.467 e. The lowest BCUT2D eigenvalue weighted by Gasteiger charge is -2.10. The molecule has 0 unspecified atom stereocenters. The Morgan fingerprint density at radius 3 is 2.41 bits per heavy atom. The van der Waals surface area contributed by atoms with Crippen LogP contribution < -0.4 is 0 Å². The van der Waals surface area contributed by atoms with Crippen LogP contribution >= 0.6 is 0 Å². The maximum atomic E-state index is 11.6. The Kier molecular flexibility index (Phi) is 4.65. The van der Waals surface area contributed by atoms with Gasteiger partial charge in [0, 0.05) is 0 Å². The van der Waals surface area contributed by atoms with E-state index in [1.807, 2.05) is 0 Å². The van der Waals surface area contributed by atoms with Crippen molar-refractivity contribution >= 4 is 16.1 Å². The molecule has 0 radical (unpaired) electrons. The highest BCUT2D eigenvalue weighted by Crippen LogP contribution is 2.10. The highest BCUT2D eigenvalue weighted by molar-refractivity contribution is 7.85. The summed E-state index contributed by atoms with van der Waals surface area (Å²) >= 11 is 0. The summed E-state index contributed by atoms with van der Waals surface area (Å²) in [6.45, 7) is 1.33. The second kappa shape index (κ2) is 5.79. The summed E-state index contributed by atoms with van der Waals surface area (Å²) < 4.78 is 32.3. The average molecular weight is 258 g/mol. The molecule has 17 heavy (non-hydrogen) atoms. The van der Waals surface area contributed by atoms with E-state index < -0.39 is 22.2 Å². The number of carbonyl (C=O) groups is 1. The van der Waals surface area contributed by atoms with Crippen LogP contribution in [0.5, 0.6) is 0 Å². The molecule has 0 N–H and O–H groups in total. The van der Waals surface area contributed by atoms with Crippen molar-refractivity contribution in [1.29, 1.82) is 0 Å². The van der Waals surface area contributed by atoms with Crippen LogP contribution in [0.15, 0.2) is 30.3 Å². The van der Waals surface area contributed by atoms with Crippen LogP contribution in [0.2, 0.25) is 0 Å². The van der Waals surface area contributed by atoms with Crippen LogP contribution in [0.1, 0.15) is 12.5 Å². The van der Waals surface area contributed by atoms with Crippen molar-refractivity contribution in [2.75, 3.05) is 7.11 Å². The fourth-order valence-electron chi connectivity index (χ4n) is 1.24. The zero-order valence-corrected chi connectivity index (χ0v) is 10.4. The van der Waals surface area contributed by atoms with Gasteiger partial charge < -0.3 is 4.74 Å². The molecule has 0 heterocycles. The third-order valence-corrected chi connectivity index (χ3v) is 3.28. The first kappa shape index (κ1) is 13.7. The van der Waals surface area contributed by atoms with Crippen LogP contribution in [0.3, 0.4) is 0 Å². The molecule has 0 aromatic heterocycles. The molecule has 1 aromatic carbocycles. The molecule has 0 spiro atoms. The number of benzene rings is 1. The highest BCUT2D eigenvalue weighted by atomic mass is 32.2. The third-order valence-electron chi connectivity index (χ3n) is 2.01. The quantitative estimate of drug-likeness (QED) is 0.584. The van der Waals surface area contributed by atoms with E-state index in [2.05, 4.69) is 4.74 Å². The first-order valence-electron chi connectivity index (χ1n) is 4.97. The first-order chi connectivity index (χ1) is 7.94. The second-order valence-corrected chi connectivity index (χ2v) is 5.05. The fraction of sp³-hybridized carbons (Fsp3) is 0.364. The summed E-state index contributed by atoms with van der Waals surface area (Å²) in [6, 6.07) is 8.59. The van der Waals surface area contributed by atoms with Crippen LogP contribution in [-0.4, -0.2) is 27.6 Å². The molecule has 0 fully saturated rings. The average Bonchev–Trinajstić information content (AvgIpc) is 2.27. The Morgan fingerprint density at radius 1 is 1.29 bits per heavy atom. The molecule has 6 heteroatoms. The van der Waals surface area contributed by atoms with E-state index in [-0.39, 0.29) is 5.75 Å². The molecule has 1 rings (SSSR count).